The summed E-state index contributed by atoms with van der Waals surface area (Å²) in [7, 11) is -4.08. The van der Waals surface area contributed by atoms with E-state index in [1.165, 1.54) is 17.0 Å². The molecule has 8 heteroatoms. The molecule has 2 amide bonds. The fourth-order valence-corrected chi connectivity index (χ4v) is 6.14. The molecule has 0 aliphatic carbocycles. The van der Waals surface area contributed by atoms with Gasteiger partial charge in [0.05, 0.1) is 10.6 Å². The zero-order valence-corrected chi connectivity index (χ0v) is 25.7. The summed E-state index contributed by atoms with van der Waals surface area (Å²) in [6.07, 6.45) is 2.17. The summed E-state index contributed by atoms with van der Waals surface area (Å²) in [6, 6.07) is 22.4. The van der Waals surface area contributed by atoms with Crippen molar-refractivity contribution in [3.63, 3.8) is 0 Å². The molecule has 0 saturated carbocycles. The molecule has 3 rings (SSSR count). The van der Waals surface area contributed by atoms with Crippen LogP contribution in [0.15, 0.2) is 83.8 Å². The molecule has 220 valence electrons. The SMILES string of the molecule is CCCCNC(=O)[C@@H](CC)N(Cc1cccc(C)c1)C(=O)CN(c1ccc(C(C)C)cc1)S(=O)(=O)c1ccccc1. The van der Waals surface area contributed by atoms with Crippen molar-refractivity contribution < 1.29 is 18.0 Å². The summed E-state index contributed by atoms with van der Waals surface area (Å²) >= 11 is 0. The standard InChI is InChI=1S/C33H43N3O4S/c1-6-8-21-34-33(38)31(7-2)35(23-27-14-12-13-26(5)22-27)32(37)24-36(29-19-17-28(18-20-29)25(3)4)41(39,40)30-15-10-9-11-16-30/h9-20,22,25,31H,6-8,21,23-24H2,1-5H3,(H,34,38)/t31-/m1/s1. The number of benzene rings is 3. The quantitative estimate of drug-likeness (QED) is 0.237. The van der Waals surface area contributed by atoms with Gasteiger partial charge in [-0.2, -0.15) is 0 Å². The Kier molecular flexibility index (Phi) is 11.5. The normalized spacial score (nSPS) is 12.1. The van der Waals surface area contributed by atoms with Gasteiger partial charge in [-0.1, -0.05) is 94.3 Å². The minimum absolute atomic E-state index is 0.0929. The highest BCUT2D eigenvalue weighted by Gasteiger charge is 2.33. The van der Waals surface area contributed by atoms with E-state index in [9.17, 15) is 18.0 Å². The highest BCUT2D eigenvalue weighted by atomic mass is 32.2. The average molecular weight is 578 g/mol. The minimum atomic E-state index is -4.08. The van der Waals surface area contributed by atoms with Gasteiger partial charge in [0, 0.05) is 13.1 Å². The van der Waals surface area contributed by atoms with E-state index in [1.807, 2.05) is 57.2 Å². The Bertz CT molecular complexity index is 1390. The van der Waals surface area contributed by atoms with Gasteiger partial charge in [-0.05, 0) is 61.1 Å². The van der Waals surface area contributed by atoms with E-state index in [4.69, 9.17) is 0 Å². The molecule has 0 radical (unpaired) electrons. The number of hydrogen-bond donors (Lipinski definition) is 1. The molecule has 7 nitrogen and oxygen atoms in total. The predicted molar refractivity (Wildman–Crippen MR) is 165 cm³/mol. The predicted octanol–water partition coefficient (Wildman–Crippen LogP) is 6.04. The molecule has 0 aliphatic rings. The Morgan fingerprint density at radius 1 is 0.902 bits per heavy atom. The number of carbonyl (C=O) groups excluding carboxylic acids is 2. The first-order valence-corrected chi connectivity index (χ1v) is 15.8. The average Bonchev–Trinajstić information content (AvgIpc) is 2.96. The third-order valence-corrected chi connectivity index (χ3v) is 8.90. The Balaban J connectivity index is 2.04. The minimum Gasteiger partial charge on any atom is -0.354 e. The van der Waals surface area contributed by atoms with Gasteiger partial charge in [0.2, 0.25) is 11.8 Å². The molecule has 1 N–H and O–H groups in total. The maximum Gasteiger partial charge on any atom is 0.264 e. The number of unbranched alkanes of at least 4 members (excludes halogenated alkanes) is 1. The summed E-state index contributed by atoms with van der Waals surface area (Å²) < 4.78 is 29.0. The van der Waals surface area contributed by atoms with E-state index >= 15 is 0 Å². The van der Waals surface area contributed by atoms with Crippen LogP contribution in [0.3, 0.4) is 0 Å². The number of nitrogens with one attached hydrogen (secondary N) is 1. The zero-order chi connectivity index (χ0) is 30.0. The molecule has 0 aliphatic heterocycles. The van der Waals surface area contributed by atoms with Crippen molar-refractivity contribution in [2.24, 2.45) is 0 Å². The van der Waals surface area contributed by atoms with Gasteiger partial charge in [0.15, 0.2) is 0 Å². The summed E-state index contributed by atoms with van der Waals surface area (Å²) in [4.78, 5) is 29.0. The molecule has 0 unspecified atom stereocenters. The fraction of sp³-hybridized carbons (Fsp3) is 0.394. The van der Waals surface area contributed by atoms with Gasteiger partial charge >= 0.3 is 0 Å². The number of hydrogen-bond acceptors (Lipinski definition) is 4. The summed E-state index contributed by atoms with van der Waals surface area (Å²) in [5.74, 6) is -0.414. The van der Waals surface area contributed by atoms with Crippen LogP contribution in [0.4, 0.5) is 5.69 Å². The van der Waals surface area contributed by atoms with Crippen LogP contribution in [-0.2, 0) is 26.2 Å². The van der Waals surface area contributed by atoms with Gasteiger partial charge < -0.3 is 10.2 Å². The van der Waals surface area contributed by atoms with E-state index in [2.05, 4.69) is 19.2 Å². The number of amides is 2. The van der Waals surface area contributed by atoms with Crippen molar-refractivity contribution in [3.8, 4) is 0 Å². The molecular formula is C33H43N3O4S. The van der Waals surface area contributed by atoms with Gasteiger partial charge in [0.1, 0.15) is 12.6 Å². The number of aryl methyl sites for hydroxylation is 1. The van der Waals surface area contributed by atoms with Crippen molar-refractivity contribution in [2.45, 2.75) is 77.3 Å². The second-order valence-corrected chi connectivity index (χ2v) is 12.5. The van der Waals surface area contributed by atoms with Gasteiger partial charge in [0.25, 0.3) is 10.0 Å². The number of sulfonamides is 1. The zero-order valence-electron chi connectivity index (χ0n) is 24.8. The smallest absolute Gasteiger partial charge is 0.264 e. The summed E-state index contributed by atoms with van der Waals surface area (Å²) in [5, 5.41) is 2.96. The topological polar surface area (TPSA) is 86.8 Å². The molecule has 3 aromatic rings. The van der Waals surface area contributed by atoms with E-state index in [0.717, 1.165) is 33.8 Å². The highest BCUT2D eigenvalue weighted by molar-refractivity contribution is 7.92. The van der Waals surface area contributed by atoms with E-state index in [0.29, 0.717) is 18.7 Å². The third kappa shape index (κ3) is 8.43. The molecule has 0 fully saturated rings. The van der Waals surface area contributed by atoms with Crippen LogP contribution in [0.2, 0.25) is 0 Å². The number of carbonyl (C=O) groups is 2. The van der Waals surface area contributed by atoms with Crippen molar-refractivity contribution in [3.05, 3.63) is 95.6 Å². The summed E-state index contributed by atoms with van der Waals surface area (Å²) in [5.41, 5.74) is 3.36. The maximum atomic E-state index is 14.1. The molecule has 0 saturated heterocycles. The van der Waals surface area contributed by atoms with E-state index in [-0.39, 0.29) is 23.3 Å². The fourth-order valence-electron chi connectivity index (χ4n) is 4.71. The first-order chi connectivity index (χ1) is 19.6. The van der Waals surface area contributed by atoms with Gasteiger partial charge in [-0.15, -0.1) is 0 Å². The Hall–Kier alpha value is -3.65. The number of nitrogens with zero attached hydrogens (tertiary/aromatic N) is 2. The van der Waals surface area contributed by atoms with Crippen LogP contribution < -0.4 is 9.62 Å². The first kappa shape index (κ1) is 31.9. The lowest BCUT2D eigenvalue weighted by Gasteiger charge is -2.33. The van der Waals surface area contributed by atoms with Crippen LogP contribution in [0.1, 0.15) is 69.6 Å². The molecule has 0 aromatic heterocycles. The van der Waals surface area contributed by atoms with Crippen molar-refractivity contribution in [1.82, 2.24) is 10.2 Å². The van der Waals surface area contributed by atoms with Crippen LogP contribution in [0.25, 0.3) is 0 Å². The van der Waals surface area contributed by atoms with Gasteiger partial charge in [-0.25, -0.2) is 8.42 Å². The Morgan fingerprint density at radius 3 is 2.17 bits per heavy atom. The monoisotopic (exact) mass is 577 g/mol. The van der Waals surface area contributed by atoms with Crippen LogP contribution >= 0.6 is 0 Å². The molecule has 0 heterocycles. The molecule has 1 atom stereocenters. The van der Waals surface area contributed by atoms with Crippen LogP contribution in [0.5, 0.6) is 0 Å². The summed E-state index contributed by atoms with van der Waals surface area (Å²) in [6.45, 7) is 10.3. The largest absolute Gasteiger partial charge is 0.354 e. The third-order valence-electron chi connectivity index (χ3n) is 7.11. The van der Waals surface area contributed by atoms with Crippen LogP contribution in [0, 0.1) is 6.92 Å². The second-order valence-electron chi connectivity index (χ2n) is 10.7. The van der Waals surface area contributed by atoms with Crippen molar-refractivity contribution in [1.29, 1.82) is 0 Å². The Morgan fingerprint density at radius 2 is 1.59 bits per heavy atom. The molecule has 0 bridgehead atoms. The second kappa shape index (κ2) is 14.8. The molecule has 0 spiro atoms. The number of anilines is 1. The van der Waals surface area contributed by atoms with Crippen molar-refractivity contribution in [2.75, 3.05) is 17.4 Å². The van der Waals surface area contributed by atoms with E-state index < -0.39 is 28.5 Å². The van der Waals surface area contributed by atoms with Crippen molar-refractivity contribution >= 4 is 27.5 Å². The molecule has 41 heavy (non-hydrogen) atoms. The number of rotatable bonds is 14. The highest BCUT2D eigenvalue weighted by Crippen LogP contribution is 2.27. The molecular weight excluding hydrogens is 534 g/mol. The first-order valence-electron chi connectivity index (χ1n) is 14.4. The lowest BCUT2D eigenvalue weighted by molar-refractivity contribution is -0.140. The molecule has 3 aromatic carbocycles. The van der Waals surface area contributed by atoms with E-state index in [1.54, 1.807) is 30.3 Å². The maximum absolute atomic E-state index is 14.1. The lowest BCUT2D eigenvalue weighted by atomic mass is 10.0. The lowest BCUT2D eigenvalue weighted by Crippen LogP contribution is -2.52. The van der Waals surface area contributed by atoms with Crippen LogP contribution in [-0.4, -0.2) is 44.3 Å². The Labute approximate surface area is 245 Å². The van der Waals surface area contributed by atoms with Gasteiger partial charge in [-0.3, -0.25) is 13.9 Å².